The molecule has 3 saturated carbocycles. The lowest BCUT2D eigenvalue weighted by atomic mass is 9.47. The zero-order valence-electron chi connectivity index (χ0n) is 22.7. The van der Waals surface area contributed by atoms with Gasteiger partial charge in [-0.3, -0.25) is 4.79 Å². The van der Waals surface area contributed by atoms with Gasteiger partial charge in [-0.05, 0) is 84.7 Å². The maximum Gasteiger partial charge on any atom is 0.333 e. The van der Waals surface area contributed by atoms with Gasteiger partial charge in [-0.25, -0.2) is 4.79 Å². The van der Waals surface area contributed by atoms with Crippen LogP contribution in [0.4, 0.5) is 0 Å². The topological polar surface area (TPSA) is 64.6 Å². The van der Waals surface area contributed by atoms with Gasteiger partial charge in [0.25, 0.3) is 0 Å². The Morgan fingerprint density at radius 3 is 2.21 bits per heavy atom. The van der Waals surface area contributed by atoms with Gasteiger partial charge in [-0.1, -0.05) is 74.5 Å². The summed E-state index contributed by atoms with van der Waals surface area (Å²) in [5, 5.41) is 3.33. The first-order chi connectivity index (χ1) is 18.4. The van der Waals surface area contributed by atoms with Crippen molar-refractivity contribution in [3.05, 3.63) is 71.8 Å². The third kappa shape index (κ3) is 4.47. The fourth-order valence-electron chi connectivity index (χ4n) is 8.85. The minimum absolute atomic E-state index is 0.0109. The van der Waals surface area contributed by atoms with Crippen LogP contribution in [-0.2, 0) is 19.1 Å². The van der Waals surface area contributed by atoms with Crippen LogP contribution in [0, 0.1) is 28.6 Å². The minimum atomic E-state index is -0.442. The molecule has 2 aromatic carbocycles. The molecule has 1 aliphatic heterocycles. The van der Waals surface area contributed by atoms with Gasteiger partial charge in [0.15, 0.2) is 6.10 Å². The molecule has 202 valence electrons. The number of benzene rings is 2. The molecule has 2 aromatic rings. The van der Waals surface area contributed by atoms with E-state index in [0.29, 0.717) is 30.2 Å². The molecule has 3 aliphatic carbocycles. The van der Waals surface area contributed by atoms with Crippen molar-refractivity contribution in [1.29, 1.82) is 0 Å². The maximum absolute atomic E-state index is 13.1. The summed E-state index contributed by atoms with van der Waals surface area (Å²) in [5.74, 6) is 1.90. The largest absolute Gasteiger partial charge is 0.451 e. The molecule has 0 radical (unpaired) electrons. The number of piperidine rings is 1. The highest BCUT2D eigenvalue weighted by Gasteiger charge is 2.60. The van der Waals surface area contributed by atoms with Crippen LogP contribution < -0.4 is 5.32 Å². The molecule has 1 saturated heterocycles. The number of esters is 1. The average molecular weight is 516 g/mol. The Balaban J connectivity index is 1.11. The van der Waals surface area contributed by atoms with Gasteiger partial charge in [0.05, 0.1) is 6.10 Å². The summed E-state index contributed by atoms with van der Waals surface area (Å²) < 4.78 is 12.4. The van der Waals surface area contributed by atoms with E-state index in [4.69, 9.17) is 9.47 Å². The Bertz CT molecular complexity index is 1110. The molecule has 1 heterocycles. The van der Waals surface area contributed by atoms with Crippen molar-refractivity contribution in [1.82, 2.24) is 5.32 Å². The van der Waals surface area contributed by atoms with Gasteiger partial charge < -0.3 is 14.8 Å². The molecule has 5 heteroatoms. The molecule has 1 amide bonds. The average Bonchev–Trinajstić information content (AvgIpc) is 3.28. The molecule has 7 atom stereocenters. The summed E-state index contributed by atoms with van der Waals surface area (Å²) in [5.41, 5.74) is 2.23. The highest BCUT2D eigenvalue weighted by Crippen LogP contribution is 2.64. The quantitative estimate of drug-likeness (QED) is 0.464. The molecule has 6 rings (SSSR count). The lowest BCUT2D eigenvalue weighted by molar-refractivity contribution is -0.162. The zero-order chi connectivity index (χ0) is 26.3. The summed E-state index contributed by atoms with van der Waals surface area (Å²) in [6.45, 7) is 4.83. The number of fused-ring (bicyclic) bond motifs is 5. The van der Waals surface area contributed by atoms with Crippen molar-refractivity contribution in [2.24, 2.45) is 28.6 Å². The summed E-state index contributed by atoms with van der Waals surface area (Å²) >= 11 is 0. The van der Waals surface area contributed by atoms with Crippen LogP contribution in [0.25, 0.3) is 0 Å². The van der Waals surface area contributed by atoms with Crippen molar-refractivity contribution in [2.45, 2.75) is 83.5 Å². The van der Waals surface area contributed by atoms with E-state index in [1.807, 2.05) is 60.7 Å². The molecule has 4 fully saturated rings. The normalized spacial score (nSPS) is 36.1. The third-order valence-corrected chi connectivity index (χ3v) is 10.9. The molecule has 4 aliphatic rings. The van der Waals surface area contributed by atoms with Crippen LogP contribution in [0.2, 0.25) is 0 Å². The zero-order valence-corrected chi connectivity index (χ0v) is 22.7. The highest BCUT2D eigenvalue weighted by atomic mass is 16.6. The molecular weight excluding hydrogens is 474 g/mol. The van der Waals surface area contributed by atoms with Crippen LogP contribution >= 0.6 is 0 Å². The number of amides is 1. The second kappa shape index (κ2) is 10.1. The van der Waals surface area contributed by atoms with Crippen LogP contribution in [0.3, 0.4) is 0 Å². The van der Waals surface area contributed by atoms with Crippen molar-refractivity contribution >= 4 is 11.9 Å². The number of carbonyl (C=O) groups is 2. The molecule has 1 N–H and O–H groups in total. The van der Waals surface area contributed by atoms with Gasteiger partial charge in [0.1, 0.15) is 6.61 Å². The molecule has 0 aromatic heterocycles. The second-order valence-corrected chi connectivity index (χ2v) is 12.7. The van der Waals surface area contributed by atoms with Crippen molar-refractivity contribution in [2.75, 3.05) is 6.61 Å². The number of rotatable bonds is 6. The Hall–Kier alpha value is -2.66. The maximum atomic E-state index is 13.1. The summed E-state index contributed by atoms with van der Waals surface area (Å²) in [7, 11) is 0. The number of nitrogens with one attached hydrogen (secondary N) is 1. The number of hydrogen-bond donors (Lipinski definition) is 1. The standard InChI is InChI=1S/C33H41NO4/c1-32-20-18-29(35)34-27(32)15-13-24-25-14-16-28(33(25,2)19-17-26(24)32)37-21-30(36)38-31(22-9-5-3-6-10-22)23-11-7-4-8-12-23/h3-12,24-28,31H,13-21H2,1-2H3,(H,34,35)/t24?,25?,26?,27-,28+,32-,33+/m1/s1. The Kier molecular flexibility index (Phi) is 6.84. The Labute approximate surface area is 226 Å². The molecule has 38 heavy (non-hydrogen) atoms. The van der Waals surface area contributed by atoms with Crippen LogP contribution in [-0.4, -0.2) is 30.6 Å². The van der Waals surface area contributed by atoms with Crippen molar-refractivity contribution < 1.29 is 19.1 Å². The number of ether oxygens (including phenoxy) is 2. The van der Waals surface area contributed by atoms with E-state index in [0.717, 1.165) is 36.8 Å². The molecular formula is C33H41NO4. The van der Waals surface area contributed by atoms with E-state index >= 15 is 0 Å². The first-order valence-electron chi connectivity index (χ1n) is 14.6. The van der Waals surface area contributed by atoms with Gasteiger partial charge in [0, 0.05) is 12.5 Å². The lowest BCUT2D eigenvalue weighted by Gasteiger charge is -2.60. The van der Waals surface area contributed by atoms with Crippen LogP contribution in [0.1, 0.15) is 82.4 Å². The molecule has 5 nitrogen and oxygen atoms in total. The molecule has 0 spiro atoms. The van der Waals surface area contributed by atoms with Gasteiger partial charge in [0.2, 0.25) is 5.91 Å². The Morgan fingerprint density at radius 1 is 0.868 bits per heavy atom. The fourth-order valence-corrected chi connectivity index (χ4v) is 8.85. The van der Waals surface area contributed by atoms with Gasteiger partial charge in [-0.15, -0.1) is 0 Å². The highest BCUT2D eigenvalue weighted by molar-refractivity contribution is 5.77. The minimum Gasteiger partial charge on any atom is -0.451 e. The third-order valence-electron chi connectivity index (χ3n) is 10.9. The monoisotopic (exact) mass is 515 g/mol. The SMILES string of the molecule is C[C@]12CCC3C(CC[C@H]4NC(=O)CC[C@]34C)C1CC[C@@H]2OCC(=O)OC(c1ccccc1)c1ccccc1. The van der Waals surface area contributed by atoms with Gasteiger partial charge >= 0.3 is 5.97 Å². The van der Waals surface area contributed by atoms with E-state index < -0.39 is 6.10 Å². The lowest BCUT2D eigenvalue weighted by Crippen LogP contribution is -2.61. The van der Waals surface area contributed by atoms with Crippen LogP contribution in [0.15, 0.2) is 60.7 Å². The van der Waals surface area contributed by atoms with Crippen molar-refractivity contribution in [3.63, 3.8) is 0 Å². The number of hydrogen-bond acceptors (Lipinski definition) is 4. The first kappa shape index (κ1) is 25.6. The second-order valence-electron chi connectivity index (χ2n) is 12.7. The van der Waals surface area contributed by atoms with E-state index in [1.54, 1.807) is 0 Å². The van der Waals surface area contributed by atoms with E-state index in [-0.39, 0.29) is 35.4 Å². The molecule has 0 bridgehead atoms. The summed E-state index contributed by atoms with van der Waals surface area (Å²) in [6.07, 6.45) is 8.11. The van der Waals surface area contributed by atoms with Crippen LogP contribution in [0.5, 0.6) is 0 Å². The van der Waals surface area contributed by atoms with E-state index in [2.05, 4.69) is 19.2 Å². The smallest absolute Gasteiger partial charge is 0.333 e. The molecule has 3 unspecified atom stereocenters. The predicted molar refractivity (Wildman–Crippen MR) is 146 cm³/mol. The fraction of sp³-hybridized carbons (Fsp3) is 0.576. The first-order valence-corrected chi connectivity index (χ1v) is 14.6. The van der Waals surface area contributed by atoms with Crippen molar-refractivity contribution in [3.8, 4) is 0 Å². The summed E-state index contributed by atoms with van der Waals surface area (Å²) in [4.78, 5) is 25.2. The van der Waals surface area contributed by atoms with Gasteiger partial charge in [-0.2, -0.15) is 0 Å². The Morgan fingerprint density at radius 2 is 1.53 bits per heavy atom. The predicted octanol–water partition coefficient (Wildman–Crippen LogP) is 6.23. The van der Waals surface area contributed by atoms with E-state index in [1.165, 1.54) is 19.3 Å². The van der Waals surface area contributed by atoms with E-state index in [9.17, 15) is 9.59 Å². The number of carbonyl (C=O) groups excluding carboxylic acids is 2. The summed E-state index contributed by atoms with van der Waals surface area (Å²) in [6, 6.07) is 20.2.